The molecule has 0 aliphatic heterocycles. The fourth-order valence-electron chi connectivity index (χ4n) is 2.31. The highest BCUT2D eigenvalue weighted by Gasteiger charge is 2.26. The lowest BCUT2D eigenvalue weighted by Gasteiger charge is -2.13. The molecule has 2 aromatic rings. The highest BCUT2D eigenvalue weighted by molar-refractivity contribution is 5.40. The van der Waals surface area contributed by atoms with Crippen LogP contribution in [0.3, 0.4) is 0 Å². The van der Waals surface area contributed by atoms with Crippen LogP contribution in [-0.4, -0.2) is 20.8 Å². The van der Waals surface area contributed by atoms with Gasteiger partial charge >= 0.3 is 0 Å². The molecule has 1 aliphatic rings. The van der Waals surface area contributed by atoms with Crippen LogP contribution in [0, 0.1) is 6.92 Å². The van der Waals surface area contributed by atoms with E-state index in [2.05, 4.69) is 42.5 Å². The van der Waals surface area contributed by atoms with E-state index >= 15 is 0 Å². The minimum atomic E-state index is 0.462. The molecule has 0 unspecified atom stereocenters. The molecule has 4 heteroatoms. The summed E-state index contributed by atoms with van der Waals surface area (Å²) in [4.78, 5) is 4.42. The minimum absolute atomic E-state index is 0.462. The molecule has 4 nitrogen and oxygen atoms in total. The number of hydrogen-bond donors (Lipinski definition) is 1. The molecule has 0 saturated heterocycles. The van der Waals surface area contributed by atoms with Crippen molar-refractivity contribution in [2.24, 2.45) is 0 Å². The second kappa shape index (κ2) is 5.37. The van der Waals surface area contributed by atoms with Gasteiger partial charge in [-0.15, -0.1) is 0 Å². The Balaban J connectivity index is 1.90. The second-order valence-corrected chi connectivity index (χ2v) is 5.95. The van der Waals surface area contributed by atoms with Gasteiger partial charge in [0.1, 0.15) is 0 Å². The maximum absolute atomic E-state index is 4.73. The van der Waals surface area contributed by atoms with Gasteiger partial charge in [0.2, 0.25) is 0 Å². The van der Waals surface area contributed by atoms with Gasteiger partial charge in [0.25, 0.3) is 0 Å². The SMILES string of the molecule is Cc1cc(-n2ccc(C3CC3)n2)c(CNC(C)C)cn1. The van der Waals surface area contributed by atoms with Crippen LogP contribution in [-0.2, 0) is 6.54 Å². The van der Waals surface area contributed by atoms with Crippen LogP contribution in [0.2, 0.25) is 0 Å². The van der Waals surface area contributed by atoms with E-state index in [4.69, 9.17) is 5.10 Å². The summed E-state index contributed by atoms with van der Waals surface area (Å²) in [6.07, 6.45) is 6.60. The lowest BCUT2D eigenvalue weighted by Crippen LogP contribution is -2.23. The third-order valence-electron chi connectivity index (χ3n) is 3.65. The van der Waals surface area contributed by atoms with Crippen LogP contribution in [0.15, 0.2) is 24.5 Å². The molecule has 0 radical (unpaired) electrons. The summed E-state index contributed by atoms with van der Waals surface area (Å²) in [6, 6.07) is 4.72. The van der Waals surface area contributed by atoms with Gasteiger partial charge in [-0.1, -0.05) is 13.8 Å². The van der Waals surface area contributed by atoms with Crippen LogP contribution in [0.4, 0.5) is 0 Å². The topological polar surface area (TPSA) is 42.7 Å². The third kappa shape index (κ3) is 2.90. The molecule has 2 aromatic heterocycles. The molecule has 2 heterocycles. The van der Waals surface area contributed by atoms with Crippen molar-refractivity contribution in [1.29, 1.82) is 0 Å². The number of nitrogens with zero attached hydrogens (tertiary/aromatic N) is 3. The molecule has 0 spiro atoms. The fourth-order valence-corrected chi connectivity index (χ4v) is 2.31. The normalized spacial score (nSPS) is 15.0. The molecule has 0 amide bonds. The van der Waals surface area contributed by atoms with Crippen molar-refractivity contribution in [3.05, 3.63) is 41.5 Å². The lowest BCUT2D eigenvalue weighted by atomic mass is 10.2. The molecule has 3 rings (SSSR count). The highest BCUT2D eigenvalue weighted by Crippen LogP contribution is 2.39. The Morgan fingerprint density at radius 3 is 2.90 bits per heavy atom. The molecular weight excluding hydrogens is 248 g/mol. The van der Waals surface area contributed by atoms with Crippen LogP contribution < -0.4 is 5.32 Å². The maximum Gasteiger partial charge on any atom is 0.0724 e. The Hall–Kier alpha value is -1.68. The molecule has 0 aromatic carbocycles. The summed E-state index contributed by atoms with van der Waals surface area (Å²) in [5.74, 6) is 0.691. The van der Waals surface area contributed by atoms with E-state index in [9.17, 15) is 0 Å². The van der Waals surface area contributed by atoms with E-state index in [-0.39, 0.29) is 0 Å². The molecule has 1 fully saturated rings. The number of hydrogen-bond acceptors (Lipinski definition) is 3. The van der Waals surface area contributed by atoms with E-state index in [0.717, 1.165) is 17.9 Å². The summed E-state index contributed by atoms with van der Waals surface area (Å²) in [7, 11) is 0. The summed E-state index contributed by atoms with van der Waals surface area (Å²) in [5, 5.41) is 8.18. The van der Waals surface area contributed by atoms with Crippen molar-refractivity contribution in [2.45, 2.75) is 52.1 Å². The first-order valence-electron chi connectivity index (χ1n) is 7.38. The van der Waals surface area contributed by atoms with E-state index in [1.165, 1.54) is 24.1 Å². The van der Waals surface area contributed by atoms with Gasteiger partial charge in [0.05, 0.1) is 11.4 Å². The van der Waals surface area contributed by atoms with Gasteiger partial charge in [-0.3, -0.25) is 4.98 Å². The Kier molecular flexibility index (Phi) is 3.57. The Labute approximate surface area is 120 Å². The third-order valence-corrected chi connectivity index (χ3v) is 3.65. The molecule has 1 saturated carbocycles. The number of rotatable bonds is 5. The summed E-state index contributed by atoms with van der Waals surface area (Å²) >= 11 is 0. The predicted molar refractivity (Wildman–Crippen MR) is 80.0 cm³/mol. The first kappa shape index (κ1) is 13.3. The van der Waals surface area contributed by atoms with Crippen LogP contribution in [0.25, 0.3) is 5.69 Å². The average Bonchev–Trinajstić information content (AvgIpc) is 3.15. The zero-order valence-corrected chi connectivity index (χ0v) is 12.4. The largest absolute Gasteiger partial charge is 0.310 e. The van der Waals surface area contributed by atoms with Crippen molar-refractivity contribution in [1.82, 2.24) is 20.1 Å². The maximum atomic E-state index is 4.73. The van der Waals surface area contributed by atoms with Crippen LogP contribution in [0.5, 0.6) is 0 Å². The molecule has 106 valence electrons. The number of pyridine rings is 1. The summed E-state index contributed by atoms with van der Waals surface area (Å²) < 4.78 is 2.00. The number of aryl methyl sites for hydroxylation is 1. The monoisotopic (exact) mass is 270 g/mol. The van der Waals surface area contributed by atoms with Crippen molar-refractivity contribution >= 4 is 0 Å². The summed E-state index contributed by atoms with van der Waals surface area (Å²) in [5.41, 5.74) is 4.58. The molecule has 0 atom stereocenters. The molecule has 1 N–H and O–H groups in total. The Morgan fingerprint density at radius 2 is 2.20 bits per heavy atom. The lowest BCUT2D eigenvalue weighted by molar-refractivity contribution is 0.585. The molecule has 20 heavy (non-hydrogen) atoms. The zero-order valence-electron chi connectivity index (χ0n) is 12.4. The standard InChI is InChI=1S/C16H22N4/c1-11(2)17-9-14-10-18-12(3)8-16(14)20-7-6-15(19-20)13-4-5-13/h6-8,10-11,13,17H,4-5,9H2,1-3H3. The van der Waals surface area contributed by atoms with Crippen molar-refractivity contribution < 1.29 is 0 Å². The first-order valence-corrected chi connectivity index (χ1v) is 7.38. The van der Waals surface area contributed by atoms with E-state index < -0.39 is 0 Å². The van der Waals surface area contributed by atoms with E-state index in [0.29, 0.717) is 12.0 Å². The van der Waals surface area contributed by atoms with Gasteiger partial charge in [-0.05, 0) is 31.9 Å². The Morgan fingerprint density at radius 1 is 1.40 bits per heavy atom. The molecular formula is C16H22N4. The van der Waals surface area contributed by atoms with Crippen molar-refractivity contribution in [3.63, 3.8) is 0 Å². The minimum Gasteiger partial charge on any atom is -0.310 e. The van der Waals surface area contributed by atoms with Crippen molar-refractivity contribution in [2.75, 3.05) is 0 Å². The van der Waals surface area contributed by atoms with Crippen LogP contribution >= 0.6 is 0 Å². The second-order valence-electron chi connectivity index (χ2n) is 5.95. The zero-order chi connectivity index (χ0) is 14.1. The predicted octanol–water partition coefficient (Wildman–Crippen LogP) is 2.95. The first-order chi connectivity index (χ1) is 9.63. The quantitative estimate of drug-likeness (QED) is 0.908. The van der Waals surface area contributed by atoms with E-state index in [1.54, 1.807) is 0 Å². The van der Waals surface area contributed by atoms with Crippen LogP contribution in [0.1, 0.15) is 49.6 Å². The van der Waals surface area contributed by atoms with Gasteiger partial charge < -0.3 is 5.32 Å². The number of nitrogens with one attached hydrogen (secondary N) is 1. The van der Waals surface area contributed by atoms with Gasteiger partial charge in [0.15, 0.2) is 0 Å². The average molecular weight is 270 g/mol. The van der Waals surface area contributed by atoms with Crippen molar-refractivity contribution in [3.8, 4) is 5.69 Å². The highest BCUT2D eigenvalue weighted by atomic mass is 15.3. The Bertz CT molecular complexity index is 596. The molecule has 0 bridgehead atoms. The summed E-state index contributed by atoms with van der Waals surface area (Å²) in [6.45, 7) is 7.15. The van der Waals surface area contributed by atoms with Gasteiger partial charge in [-0.2, -0.15) is 5.10 Å². The molecule has 1 aliphatic carbocycles. The smallest absolute Gasteiger partial charge is 0.0724 e. The van der Waals surface area contributed by atoms with Gasteiger partial charge in [0, 0.05) is 42.2 Å². The van der Waals surface area contributed by atoms with E-state index in [1.807, 2.05) is 17.8 Å². The number of aromatic nitrogens is 3. The van der Waals surface area contributed by atoms with Gasteiger partial charge in [-0.25, -0.2) is 4.68 Å². The fraction of sp³-hybridized carbons (Fsp3) is 0.500.